The molecular formula is C20H30N4O2. The van der Waals surface area contributed by atoms with Gasteiger partial charge in [0.15, 0.2) is 0 Å². The van der Waals surface area contributed by atoms with E-state index >= 15 is 0 Å². The third-order valence-corrected chi connectivity index (χ3v) is 5.92. The zero-order valence-corrected chi connectivity index (χ0v) is 15.7. The molecule has 1 atom stereocenters. The Morgan fingerprint density at radius 3 is 2.85 bits per heavy atom. The Balaban J connectivity index is 1.17. The number of urea groups is 1. The van der Waals surface area contributed by atoms with Crippen molar-refractivity contribution in [2.24, 2.45) is 5.92 Å². The molecule has 142 valence electrons. The molecule has 0 aliphatic carbocycles. The van der Waals surface area contributed by atoms with Crippen LogP contribution in [0.2, 0.25) is 0 Å². The summed E-state index contributed by atoms with van der Waals surface area (Å²) in [5.74, 6) is 0.444. The summed E-state index contributed by atoms with van der Waals surface area (Å²) in [6, 6.07) is 6.31. The predicted octanol–water partition coefficient (Wildman–Crippen LogP) is 2.18. The molecule has 4 rings (SSSR count). The zero-order chi connectivity index (χ0) is 18.0. The second kappa shape index (κ2) is 7.53. The van der Waals surface area contributed by atoms with E-state index in [2.05, 4.69) is 27.3 Å². The minimum Gasteiger partial charge on any atom is -0.372 e. The molecule has 4 heterocycles. The highest BCUT2D eigenvalue weighted by molar-refractivity contribution is 5.74. The molecule has 0 unspecified atom stereocenters. The van der Waals surface area contributed by atoms with Gasteiger partial charge >= 0.3 is 6.03 Å². The second-order valence-corrected chi connectivity index (χ2v) is 8.19. The van der Waals surface area contributed by atoms with Crippen LogP contribution in [0.5, 0.6) is 0 Å². The minimum absolute atomic E-state index is 0.0410. The van der Waals surface area contributed by atoms with Gasteiger partial charge in [-0.05, 0) is 50.7 Å². The molecule has 0 radical (unpaired) electrons. The van der Waals surface area contributed by atoms with E-state index in [1.807, 2.05) is 17.9 Å². The first kappa shape index (κ1) is 17.7. The van der Waals surface area contributed by atoms with Crippen LogP contribution >= 0.6 is 0 Å². The van der Waals surface area contributed by atoms with Gasteiger partial charge in [0, 0.05) is 45.0 Å². The van der Waals surface area contributed by atoms with Crippen molar-refractivity contribution in [2.75, 3.05) is 39.3 Å². The number of nitrogens with one attached hydrogen (secondary N) is 1. The average Bonchev–Trinajstić information content (AvgIpc) is 3.14. The number of carbonyl (C=O) groups is 1. The fourth-order valence-electron chi connectivity index (χ4n) is 4.39. The van der Waals surface area contributed by atoms with Gasteiger partial charge in [-0.15, -0.1) is 0 Å². The smallest absolute Gasteiger partial charge is 0.317 e. The quantitative estimate of drug-likeness (QED) is 0.896. The van der Waals surface area contributed by atoms with Gasteiger partial charge in [-0.3, -0.25) is 9.88 Å². The van der Waals surface area contributed by atoms with Crippen LogP contribution in [0.4, 0.5) is 4.79 Å². The Labute approximate surface area is 155 Å². The lowest BCUT2D eigenvalue weighted by atomic mass is 9.83. The highest BCUT2D eigenvalue weighted by Gasteiger charge is 2.46. The largest absolute Gasteiger partial charge is 0.372 e. The molecule has 1 aromatic heterocycles. The van der Waals surface area contributed by atoms with Gasteiger partial charge in [0.25, 0.3) is 0 Å². The van der Waals surface area contributed by atoms with E-state index in [1.54, 1.807) is 0 Å². The molecule has 0 saturated carbocycles. The molecule has 2 amide bonds. The van der Waals surface area contributed by atoms with Crippen LogP contribution in [0.25, 0.3) is 0 Å². The molecule has 26 heavy (non-hydrogen) atoms. The Morgan fingerprint density at radius 2 is 2.15 bits per heavy atom. The van der Waals surface area contributed by atoms with Crippen molar-refractivity contribution in [2.45, 2.75) is 44.8 Å². The Kier molecular flexibility index (Phi) is 5.14. The standard InChI is InChI=1S/C20H30N4O2/c1-16-5-4-6-18(22-16)12-23-14-20(15-23)8-7-17(13-26-20)11-21-19(25)24-9-2-3-10-24/h4-6,17H,2-3,7-15H2,1H3,(H,21,25)/t17-/m1/s1. The maximum atomic E-state index is 12.1. The van der Waals surface area contributed by atoms with E-state index in [0.29, 0.717) is 5.92 Å². The van der Waals surface area contributed by atoms with Crippen LogP contribution in [0.1, 0.15) is 37.1 Å². The number of carbonyl (C=O) groups excluding carboxylic acids is 1. The Bertz CT molecular complexity index is 628. The van der Waals surface area contributed by atoms with E-state index in [-0.39, 0.29) is 11.6 Å². The molecule has 3 aliphatic heterocycles. The molecule has 1 aromatic rings. The monoisotopic (exact) mass is 358 g/mol. The van der Waals surface area contributed by atoms with Gasteiger partial charge < -0.3 is 15.0 Å². The number of likely N-dealkylation sites (tertiary alicyclic amines) is 2. The van der Waals surface area contributed by atoms with E-state index in [1.165, 1.54) is 0 Å². The van der Waals surface area contributed by atoms with Crippen molar-refractivity contribution < 1.29 is 9.53 Å². The number of nitrogens with zero attached hydrogens (tertiary/aromatic N) is 3. The summed E-state index contributed by atoms with van der Waals surface area (Å²) in [6.45, 7) is 8.24. The van der Waals surface area contributed by atoms with Crippen molar-refractivity contribution in [3.8, 4) is 0 Å². The molecule has 1 spiro atoms. The average molecular weight is 358 g/mol. The minimum atomic E-state index is 0.0410. The SMILES string of the molecule is Cc1cccc(CN2CC3(CC[C@H](CNC(=O)N4CCCC4)CO3)C2)n1. The maximum absolute atomic E-state index is 12.1. The molecule has 0 bridgehead atoms. The Morgan fingerprint density at radius 1 is 1.35 bits per heavy atom. The van der Waals surface area contributed by atoms with Crippen LogP contribution in [0, 0.1) is 12.8 Å². The highest BCUT2D eigenvalue weighted by atomic mass is 16.5. The van der Waals surface area contributed by atoms with Crippen LogP contribution in [0.3, 0.4) is 0 Å². The first-order valence-electron chi connectivity index (χ1n) is 9.94. The normalized spacial score (nSPS) is 25.3. The van der Waals surface area contributed by atoms with E-state index in [9.17, 15) is 4.79 Å². The molecule has 6 nitrogen and oxygen atoms in total. The lowest BCUT2D eigenvalue weighted by Crippen LogP contribution is -2.64. The van der Waals surface area contributed by atoms with Crippen LogP contribution in [-0.4, -0.2) is 65.7 Å². The number of aryl methyl sites for hydroxylation is 1. The zero-order valence-electron chi connectivity index (χ0n) is 15.7. The fraction of sp³-hybridized carbons (Fsp3) is 0.700. The summed E-state index contributed by atoms with van der Waals surface area (Å²) in [7, 11) is 0. The predicted molar refractivity (Wildman–Crippen MR) is 99.9 cm³/mol. The third kappa shape index (κ3) is 4.01. The summed E-state index contributed by atoms with van der Waals surface area (Å²) >= 11 is 0. The second-order valence-electron chi connectivity index (χ2n) is 8.19. The molecule has 6 heteroatoms. The van der Waals surface area contributed by atoms with E-state index in [0.717, 1.165) is 82.9 Å². The van der Waals surface area contributed by atoms with Gasteiger partial charge in [0.1, 0.15) is 0 Å². The molecule has 1 N–H and O–H groups in total. The molecule has 3 saturated heterocycles. The third-order valence-electron chi connectivity index (χ3n) is 5.92. The number of aromatic nitrogens is 1. The number of rotatable bonds is 4. The Hall–Kier alpha value is -1.66. The fourth-order valence-corrected chi connectivity index (χ4v) is 4.39. The van der Waals surface area contributed by atoms with Crippen LogP contribution in [0.15, 0.2) is 18.2 Å². The van der Waals surface area contributed by atoms with Gasteiger partial charge in [-0.1, -0.05) is 6.07 Å². The number of hydrogen-bond donors (Lipinski definition) is 1. The lowest BCUT2D eigenvalue weighted by molar-refractivity contribution is -0.181. The lowest BCUT2D eigenvalue weighted by Gasteiger charge is -2.52. The molecule has 3 fully saturated rings. The van der Waals surface area contributed by atoms with Gasteiger partial charge in [0.2, 0.25) is 0 Å². The van der Waals surface area contributed by atoms with Gasteiger partial charge in [-0.25, -0.2) is 4.79 Å². The number of ether oxygens (including phenoxy) is 1. The van der Waals surface area contributed by atoms with Crippen molar-refractivity contribution in [1.29, 1.82) is 0 Å². The molecule has 0 aromatic carbocycles. The van der Waals surface area contributed by atoms with E-state index < -0.39 is 0 Å². The summed E-state index contributed by atoms with van der Waals surface area (Å²) in [4.78, 5) is 21.0. The first-order valence-corrected chi connectivity index (χ1v) is 9.94. The van der Waals surface area contributed by atoms with Gasteiger partial charge in [0.05, 0.1) is 17.9 Å². The van der Waals surface area contributed by atoms with E-state index in [4.69, 9.17) is 4.74 Å². The van der Waals surface area contributed by atoms with Crippen molar-refractivity contribution in [3.63, 3.8) is 0 Å². The summed E-state index contributed by atoms with van der Waals surface area (Å²) in [6.07, 6.45) is 4.50. The topological polar surface area (TPSA) is 57.7 Å². The highest BCUT2D eigenvalue weighted by Crippen LogP contribution is 2.36. The van der Waals surface area contributed by atoms with Crippen molar-refractivity contribution in [3.05, 3.63) is 29.6 Å². The maximum Gasteiger partial charge on any atom is 0.317 e. The molecule has 3 aliphatic rings. The number of hydrogen-bond acceptors (Lipinski definition) is 4. The summed E-state index contributed by atoms with van der Waals surface area (Å²) in [5, 5.41) is 3.09. The van der Waals surface area contributed by atoms with Crippen LogP contribution in [-0.2, 0) is 11.3 Å². The van der Waals surface area contributed by atoms with Crippen LogP contribution < -0.4 is 5.32 Å². The number of pyridine rings is 1. The van der Waals surface area contributed by atoms with Crippen molar-refractivity contribution in [1.82, 2.24) is 20.1 Å². The van der Waals surface area contributed by atoms with Gasteiger partial charge in [-0.2, -0.15) is 0 Å². The summed E-state index contributed by atoms with van der Waals surface area (Å²) < 4.78 is 6.24. The summed E-state index contributed by atoms with van der Waals surface area (Å²) in [5.41, 5.74) is 2.25. The van der Waals surface area contributed by atoms with Crippen molar-refractivity contribution >= 4 is 6.03 Å². The first-order chi connectivity index (χ1) is 12.6. The number of amides is 2. The molecular weight excluding hydrogens is 328 g/mol.